The molecule has 1 aliphatic rings. The highest BCUT2D eigenvalue weighted by atomic mass is 79.9. The largest absolute Gasteiger partial charge is 0.345 e. The summed E-state index contributed by atoms with van der Waals surface area (Å²) in [5.41, 5.74) is 1.69. The Morgan fingerprint density at radius 1 is 1.16 bits per heavy atom. The summed E-state index contributed by atoms with van der Waals surface area (Å²) in [7, 11) is 0. The Balaban J connectivity index is 1.77. The summed E-state index contributed by atoms with van der Waals surface area (Å²) in [5.74, 6) is -0.588. The number of halogens is 1. The average molecular weight is 410 g/mol. The van der Waals surface area contributed by atoms with E-state index < -0.39 is 0 Å². The predicted octanol–water partition coefficient (Wildman–Crippen LogP) is 2.60. The van der Waals surface area contributed by atoms with Crippen LogP contribution in [0.4, 0.5) is 5.69 Å². The molecule has 1 saturated heterocycles. The fraction of sp³-hybridized carbons (Fsp3) is 0.500. The number of carbonyl (C=O) groups excluding carboxylic acids is 3. The smallest absolute Gasteiger partial charge is 0.243 e. The van der Waals surface area contributed by atoms with Gasteiger partial charge in [0.2, 0.25) is 17.7 Å². The molecule has 136 valence electrons. The van der Waals surface area contributed by atoms with Gasteiger partial charge in [0.15, 0.2) is 0 Å². The number of likely N-dealkylation sites (tertiary alicyclic amines) is 1. The van der Waals surface area contributed by atoms with Crippen molar-refractivity contribution in [1.29, 1.82) is 0 Å². The van der Waals surface area contributed by atoms with E-state index in [2.05, 4.69) is 26.6 Å². The summed E-state index contributed by atoms with van der Waals surface area (Å²) in [6.07, 6.45) is 4.45. The van der Waals surface area contributed by atoms with E-state index >= 15 is 0 Å². The number of benzene rings is 1. The van der Waals surface area contributed by atoms with Crippen LogP contribution < -0.4 is 10.6 Å². The predicted molar refractivity (Wildman–Crippen MR) is 100 cm³/mol. The molecule has 0 aliphatic carbocycles. The van der Waals surface area contributed by atoms with E-state index in [0.29, 0.717) is 18.7 Å². The number of hydrogen-bond donors (Lipinski definition) is 2. The topological polar surface area (TPSA) is 78.5 Å². The molecular weight excluding hydrogens is 386 g/mol. The Morgan fingerprint density at radius 2 is 1.92 bits per heavy atom. The standard InChI is InChI=1S/C18H24BrN3O3/c1-13-10-14(7-8-15(13)19)21-16(23)11-20-17(24)12-22-9-5-3-2-4-6-18(22)25/h7-8,10H,2-6,9,11-12H2,1H3,(H,20,24)(H,21,23). The van der Waals surface area contributed by atoms with Gasteiger partial charge in [0.05, 0.1) is 13.1 Å². The molecule has 1 aliphatic heterocycles. The van der Waals surface area contributed by atoms with E-state index in [1.165, 1.54) is 0 Å². The molecule has 1 aromatic rings. The van der Waals surface area contributed by atoms with E-state index in [4.69, 9.17) is 0 Å². The number of amides is 3. The zero-order chi connectivity index (χ0) is 18.2. The van der Waals surface area contributed by atoms with Crippen LogP contribution in [0.3, 0.4) is 0 Å². The molecule has 0 atom stereocenters. The first-order valence-corrected chi connectivity index (χ1v) is 9.35. The molecule has 25 heavy (non-hydrogen) atoms. The summed E-state index contributed by atoms with van der Waals surface area (Å²) in [5, 5.41) is 5.32. The van der Waals surface area contributed by atoms with E-state index in [9.17, 15) is 14.4 Å². The first-order chi connectivity index (χ1) is 12.0. The molecule has 0 spiro atoms. The third kappa shape index (κ3) is 6.49. The minimum atomic E-state index is -0.309. The van der Waals surface area contributed by atoms with Gasteiger partial charge in [-0.05, 0) is 43.5 Å². The summed E-state index contributed by atoms with van der Waals surface area (Å²) in [4.78, 5) is 37.6. The Kier molecular flexibility index (Phi) is 7.43. The maximum absolute atomic E-state index is 12.0. The van der Waals surface area contributed by atoms with Crippen molar-refractivity contribution >= 4 is 39.3 Å². The highest BCUT2D eigenvalue weighted by Gasteiger charge is 2.18. The normalized spacial score (nSPS) is 15.3. The van der Waals surface area contributed by atoms with Crippen molar-refractivity contribution in [1.82, 2.24) is 10.2 Å². The SMILES string of the molecule is Cc1cc(NC(=O)CNC(=O)CN2CCCCCCC2=O)ccc1Br. The molecule has 0 aromatic heterocycles. The van der Waals surface area contributed by atoms with Gasteiger partial charge in [0, 0.05) is 23.1 Å². The van der Waals surface area contributed by atoms with Crippen molar-refractivity contribution in [3.8, 4) is 0 Å². The molecule has 1 heterocycles. The molecule has 0 radical (unpaired) electrons. The maximum atomic E-state index is 12.0. The summed E-state index contributed by atoms with van der Waals surface area (Å²) in [6.45, 7) is 2.44. The zero-order valence-electron chi connectivity index (χ0n) is 14.4. The summed E-state index contributed by atoms with van der Waals surface area (Å²) >= 11 is 3.41. The second kappa shape index (κ2) is 9.56. The van der Waals surface area contributed by atoms with Gasteiger partial charge in [0.25, 0.3) is 0 Å². The highest BCUT2D eigenvalue weighted by molar-refractivity contribution is 9.10. The van der Waals surface area contributed by atoms with Crippen LogP contribution in [0.1, 0.15) is 37.7 Å². The van der Waals surface area contributed by atoms with Gasteiger partial charge < -0.3 is 15.5 Å². The second-order valence-corrected chi connectivity index (χ2v) is 7.12. The Bertz CT molecular complexity index is 648. The van der Waals surface area contributed by atoms with E-state index in [0.717, 1.165) is 35.7 Å². The number of aryl methyl sites for hydroxylation is 1. The number of anilines is 1. The molecule has 0 bridgehead atoms. The van der Waals surface area contributed by atoms with Gasteiger partial charge in [-0.1, -0.05) is 28.8 Å². The van der Waals surface area contributed by atoms with Crippen LogP contribution in [0.2, 0.25) is 0 Å². The molecule has 0 unspecified atom stereocenters. The van der Waals surface area contributed by atoms with Crippen LogP contribution in [0.25, 0.3) is 0 Å². The summed E-state index contributed by atoms with van der Waals surface area (Å²) in [6, 6.07) is 5.50. The Hall–Kier alpha value is -1.89. The van der Waals surface area contributed by atoms with Crippen molar-refractivity contribution in [3.05, 3.63) is 28.2 Å². The van der Waals surface area contributed by atoms with Crippen molar-refractivity contribution in [2.24, 2.45) is 0 Å². The first kappa shape index (κ1) is 19.4. The van der Waals surface area contributed by atoms with Crippen LogP contribution in [0, 0.1) is 6.92 Å². The minimum Gasteiger partial charge on any atom is -0.345 e. The first-order valence-electron chi connectivity index (χ1n) is 8.56. The molecule has 0 saturated carbocycles. The third-order valence-corrected chi connectivity index (χ3v) is 5.03. The molecule has 1 aromatic carbocycles. The molecule has 6 nitrogen and oxygen atoms in total. The molecule has 3 amide bonds. The molecule has 7 heteroatoms. The van der Waals surface area contributed by atoms with Crippen molar-refractivity contribution in [2.45, 2.75) is 39.0 Å². The van der Waals surface area contributed by atoms with Crippen LogP contribution >= 0.6 is 15.9 Å². The van der Waals surface area contributed by atoms with Crippen molar-refractivity contribution in [3.63, 3.8) is 0 Å². The van der Waals surface area contributed by atoms with Gasteiger partial charge in [-0.2, -0.15) is 0 Å². The van der Waals surface area contributed by atoms with E-state index in [1.54, 1.807) is 11.0 Å². The second-order valence-electron chi connectivity index (χ2n) is 6.27. The molecular formula is C18H24BrN3O3. The lowest BCUT2D eigenvalue weighted by Crippen LogP contribution is -2.43. The lowest BCUT2D eigenvalue weighted by atomic mass is 10.1. The number of nitrogens with zero attached hydrogens (tertiary/aromatic N) is 1. The monoisotopic (exact) mass is 409 g/mol. The number of nitrogens with one attached hydrogen (secondary N) is 2. The number of rotatable bonds is 5. The zero-order valence-corrected chi connectivity index (χ0v) is 16.0. The van der Waals surface area contributed by atoms with Gasteiger partial charge in [-0.15, -0.1) is 0 Å². The molecule has 2 N–H and O–H groups in total. The fourth-order valence-electron chi connectivity index (χ4n) is 2.72. The van der Waals surface area contributed by atoms with Crippen LogP contribution in [0.15, 0.2) is 22.7 Å². The van der Waals surface area contributed by atoms with Gasteiger partial charge in [0.1, 0.15) is 0 Å². The van der Waals surface area contributed by atoms with Gasteiger partial charge >= 0.3 is 0 Å². The third-order valence-electron chi connectivity index (χ3n) is 4.14. The molecule has 2 rings (SSSR count). The highest BCUT2D eigenvalue weighted by Crippen LogP contribution is 2.19. The van der Waals surface area contributed by atoms with Crippen molar-refractivity contribution < 1.29 is 14.4 Å². The van der Waals surface area contributed by atoms with Gasteiger partial charge in [-0.25, -0.2) is 0 Å². The lowest BCUT2D eigenvalue weighted by molar-refractivity contribution is -0.136. The van der Waals surface area contributed by atoms with Crippen molar-refractivity contribution in [2.75, 3.05) is 25.0 Å². The number of carbonyl (C=O) groups is 3. The van der Waals surface area contributed by atoms with E-state index in [1.807, 2.05) is 19.1 Å². The Labute approximate surface area is 156 Å². The average Bonchev–Trinajstić information content (AvgIpc) is 2.56. The van der Waals surface area contributed by atoms with E-state index in [-0.39, 0.29) is 30.8 Å². The molecule has 1 fully saturated rings. The van der Waals surface area contributed by atoms with Gasteiger partial charge in [-0.3, -0.25) is 14.4 Å². The van der Waals surface area contributed by atoms with Crippen LogP contribution in [0.5, 0.6) is 0 Å². The van der Waals surface area contributed by atoms with Crippen LogP contribution in [-0.2, 0) is 14.4 Å². The minimum absolute atomic E-state index is 0.0174. The van der Waals surface area contributed by atoms with Crippen LogP contribution in [-0.4, -0.2) is 42.3 Å². The number of hydrogen-bond acceptors (Lipinski definition) is 3. The maximum Gasteiger partial charge on any atom is 0.243 e. The summed E-state index contributed by atoms with van der Waals surface area (Å²) < 4.78 is 0.969. The fourth-order valence-corrected chi connectivity index (χ4v) is 2.96. The lowest BCUT2D eigenvalue weighted by Gasteiger charge is -2.24. The Morgan fingerprint density at radius 3 is 2.68 bits per heavy atom. The quantitative estimate of drug-likeness (QED) is 0.784.